The lowest BCUT2D eigenvalue weighted by atomic mass is 9.92. The van der Waals surface area contributed by atoms with Gasteiger partial charge in [0.05, 0.1) is 5.69 Å². The van der Waals surface area contributed by atoms with E-state index in [9.17, 15) is 19.2 Å². The lowest BCUT2D eigenvalue weighted by molar-refractivity contribution is -0.133. The minimum absolute atomic E-state index is 0.0146. The van der Waals surface area contributed by atoms with Crippen molar-refractivity contribution >= 4 is 45.2 Å². The van der Waals surface area contributed by atoms with E-state index in [2.05, 4.69) is 26.6 Å². The first-order valence-corrected chi connectivity index (χ1v) is 10.1. The molecule has 0 spiro atoms. The van der Waals surface area contributed by atoms with Gasteiger partial charge < -0.3 is 20.1 Å². The summed E-state index contributed by atoms with van der Waals surface area (Å²) in [5.41, 5.74) is -0.278. The van der Waals surface area contributed by atoms with E-state index in [1.165, 1.54) is 19.1 Å². The highest BCUT2D eigenvalue weighted by molar-refractivity contribution is 9.10. The summed E-state index contributed by atoms with van der Waals surface area (Å²) in [6, 6.07) is 9.29. The fourth-order valence-corrected chi connectivity index (χ4v) is 3.90. The third kappa shape index (κ3) is 3.74. The van der Waals surface area contributed by atoms with Crippen molar-refractivity contribution < 1.29 is 28.7 Å². The van der Waals surface area contributed by atoms with Crippen LogP contribution in [-0.4, -0.2) is 41.9 Å². The number of urea groups is 1. The van der Waals surface area contributed by atoms with Crippen molar-refractivity contribution in [1.29, 1.82) is 0 Å². The smallest absolute Gasteiger partial charge is 0.325 e. The molecule has 2 aromatic rings. The number of benzene rings is 2. The van der Waals surface area contributed by atoms with Crippen LogP contribution in [-0.2, 0) is 15.1 Å². The number of carbonyl (C=O) groups excluding carboxylic acids is 4. The Hall–Kier alpha value is -3.40. The molecule has 2 heterocycles. The van der Waals surface area contributed by atoms with Crippen LogP contribution in [0.3, 0.4) is 0 Å². The molecule has 4 rings (SSSR count). The molecule has 1 fully saturated rings. The number of ketones is 1. The zero-order chi connectivity index (χ0) is 22.3. The van der Waals surface area contributed by atoms with Crippen LogP contribution < -0.4 is 20.1 Å². The van der Waals surface area contributed by atoms with Crippen molar-refractivity contribution in [2.45, 2.75) is 19.4 Å². The maximum absolute atomic E-state index is 13.0. The van der Waals surface area contributed by atoms with E-state index in [0.29, 0.717) is 17.1 Å². The summed E-state index contributed by atoms with van der Waals surface area (Å²) < 4.78 is 11.3. The molecule has 2 aliphatic rings. The van der Waals surface area contributed by atoms with Crippen LogP contribution in [0.5, 0.6) is 11.5 Å². The summed E-state index contributed by atoms with van der Waals surface area (Å²) in [4.78, 5) is 51.0. The molecule has 9 nitrogen and oxygen atoms in total. The molecule has 1 saturated heterocycles. The zero-order valence-corrected chi connectivity index (χ0v) is 18.2. The summed E-state index contributed by atoms with van der Waals surface area (Å²) in [5.74, 6) is -0.683. The second-order valence-electron chi connectivity index (χ2n) is 7.31. The quantitative estimate of drug-likeness (QED) is 0.495. The average Bonchev–Trinajstić information content (AvgIpc) is 3.25. The second kappa shape index (κ2) is 7.69. The first-order valence-electron chi connectivity index (χ1n) is 9.33. The lowest BCUT2D eigenvalue weighted by Crippen LogP contribution is -2.42. The number of hydrogen-bond donors (Lipinski definition) is 2. The van der Waals surface area contributed by atoms with Gasteiger partial charge in [-0.25, -0.2) is 4.79 Å². The molecule has 0 aliphatic carbocycles. The molecule has 1 unspecified atom stereocenters. The fourth-order valence-electron chi connectivity index (χ4n) is 3.51. The monoisotopic (exact) mass is 487 g/mol. The molecule has 31 heavy (non-hydrogen) atoms. The van der Waals surface area contributed by atoms with E-state index in [4.69, 9.17) is 9.47 Å². The second-order valence-corrected chi connectivity index (χ2v) is 8.23. The van der Waals surface area contributed by atoms with Gasteiger partial charge in [0.2, 0.25) is 12.7 Å². The molecule has 1 atom stereocenters. The summed E-state index contributed by atoms with van der Waals surface area (Å²) in [7, 11) is 0. The number of ether oxygens (including phenoxy) is 2. The Kier molecular flexibility index (Phi) is 5.18. The van der Waals surface area contributed by atoms with E-state index in [-0.39, 0.29) is 23.8 Å². The fraction of sp³-hybridized carbons (Fsp3) is 0.238. The van der Waals surface area contributed by atoms with Gasteiger partial charge in [-0.1, -0.05) is 28.1 Å². The van der Waals surface area contributed by atoms with Crippen LogP contribution in [0.2, 0.25) is 0 Å². The van der Waals surface area contributed by atoms with E-state index in [0.717, 1.165) is 9.37 Å². The number of nitrogens with one attached hydrogen (secondary N) is 2. The van der Waals surface area contributed by atoms with Gasteiger partial charge in [0, 0.05) is 16.1 Å². The van der Waals surface area contributed by atoms with E-state index >= 15 is 0 Å². The first-order chi connectivity index (χ1) is 14.7. The lowest BCUT2D eigenvalue weighted by Gasteiger charge is -2.22. The predicted octanol–water partition coefficient (Wildman–Crippen LogP) is 2.79. The molecule has 0 aromatic heterocycles. The van der Waals surface area contributed by atoms with Gasteiger partial charge in [-0.3, -0.25) is 19.3 Å². The molecular weight excluding hydrogens is 470 g/mol. The summed E-state index contributed by atoms with van der Waals surface area (Å²) >= 11 is 3.35. The third-order valence-electron chi connectivity index (χ3n) is 5.14. The highest BCUT2D eigenvalue weighted by Crippen LogP contribution is 2.37. The number of Topliss-reactive ketones (excluding diaryl/α,β-unsaturated/α-hetero) is 1. The van der Waals surface area contributed by atoms with Gasteiger partial charge in [0.15, 0.2) is 17.3 Å². The van der Waals surface area contributed by atoms with Crippen molar-refractivity contribution in [1.82, 2.24) is 10.2 Å². The van der Waals surface area contributed by atoms with Crippen LogP contribution in [0.1, 0.15) is 29.8 Å². The Morgan fingerprint density at radius 2 is 1.90 bits per heavy atom. The van der Waals surface area contributed by atoms with Gasteiger partial charge in [0.25, 0.3) is 5.91 Å². The van der Waals surface area contributed by atoms with Crippen molar-refractivity contribution in [3.63, 3.8) is 0 Å². The number of rotatable bonds is 5. The maximum atomic E-state index is 13.0. The number of anilines is 1. The third-order valence-corrected chi connectivity index (χ3v) is 5.64. The Balaban J connectivity index is 1.54. The van der Waals surface area contributed by atoms with E-state index in [1.807, 2.05) is 0 Å². The standard InChI is InChI=1S/C21H18BrN3O6/c1-11(26)14-7-16-17(31-10-30-16)8-15(14)23-18(27)9-25-19(28)21(2,24-20(25)29)12-4-3-5-13(22)6-12/h3-8H,9-10H2,1-2H3,(H,23,27)(H,24,29). The highest BCUT2D eigenvalue weighted by Gasteiger charge is 2.49. The van der Waals surface area contributed by atoms with Crippen molar-refractivity contribution in [3.05, 3.63) is 52.0 Å². The number of nitrogens with zero attached hydrogens (tertiary/aromatic N) is 1. The minimum atomic E-state index is -1.30. The SMILES string of the molecule is CC(=O)c1cc2c(cc1NC(=O)CN1C(=O)NC(C)(c3cccc(Br)c3)C1=O)OCO2. The molecule has 2 aliphatic heterocycles. The van der Waals surface area contributed by atoms with Crippen LogP contribution in [0, 0.1) is 0 Å². The first kappa shape index (κ1) is 20.9. The molecule has 2 aromatic carbocycles. The number of hydrogen-bond acceptors (Lipinski definition) is 6. The zero-order valence-electron chi connectivity index (χ0n) is 16.7. The van der Waals surface area contributed by atoms with Crippen LogP contribution in [0.4, 0.5) is 10.5 Å². The Labute approximate surface area is 185 Å². The predicted molar refractivity (Wildman–Crippen MR) is 113 cm³/mol. The Bertz CT molecular complexity index is 1130. The van der Waals surface area contributed by atoms with Gasteiger partial charge in [0.1, 0.15) is 12.1 Å². The van der Waals surface area contributed by atoms with Gasteiger partial charge in [-0.15, -0.1) is 0 Å². The van der Waals surface area contributed by atoms with Gasteiger partial charge in [-0.2, -0.15) is 0 Å². The average molecular weight is 488 g/mol. The number of amides is 4. The Morgan fingerprint density at radius 3 is 2.58 bits per heavy atom. The number of carbonyl (C=O) groups is 4. The van der Waals surface area contributed by atoms with Gasteiger partial charge in [-0.05, 0) is 37.6 Å². The highest BCUT2D eigenvalue weighted by atomic mass is 79.9. The van der Waals surface area contributed by atoms with Crippen molar-refractivity contribution in [3.8, 4) is 11.5 Å². The van der Waals surface area contributed by atoms with E-state index in [1.54, 1.807) is 31.2 Å². The maximum Gasteiger partial charge on any atom is 0.325 e. The normalized spacial score (nSPS) is 19.4. The molecule has 4 amide bonds. The van der Waals surface area contributed by atoms with Crippen LogP contribution in [0.25, 0.3) is 0 Å². The number of halogens is 1. The molecule has 10 heteroatoms. The van der Waals surface area contributed by atoms with Crippen LogP contribution in [0.15, 0.2) is 40.9 Å². The molecule has 0 saturated carbocycles. The van der Waals surface area contributed by atoms with Gasteiger partial charge >= 0.3 is 6.03 Å². The molecule has 0 bridgehead atoms. The summed E-state index contributed by atoms with van der Waals surface area (Å²) in [5, 5.41) is 5.24. The molecule has 160 valence electrons. The Morgan fingerprint density at radius 1 is 1.19 bits per heavy atom. The summed E-state index contributed by atoms with van der Waals surface area (Å²) in [6.45, 7) is 2.44. The molecule has 0 radical (unpaired) electrons. The summed E-state index contributed by atoms with van der Waals surface area (Å²) in [6.07, 6.45) is 0. The van der Waals surface area contributed by atoms with E-state index < -0.39 is 29.9 Å². The van der Waals surface area contributed by atoms with Crippen LogP contribution >= 0.6 is 15.9 Å². The minimum Gasteiger partial charge on any atom is -0.454 e. The largest absolute Gasteiger partial charge is 0.454 e. The molecular formula is C21H18BrN3O6. The molecule has 2 N–H and O–H groups in total. The number of fused-ring (bicyclic) bond motifs is 1. The van der Waals surface area contributed by atoms with Crippen molar-refractivity contribution in [2.24, 2.45) is 0 Å². The number of imide groups is 1. The topological polar surface area (TPSA) is 114 Å². The van der Waals surface area contributed by atoms with Crippen molar-refractivity contribution in [2.75, 3.05) is 18.7 Å².